The molecule has 0 bridgehead atoms. The average Bonchev–Trinajstić information content (AvgIpc) is 2.97. The number of ether oxygens (including phenoxy) is 1. The van der Waals surface area contributed by atoms with E-state index in [0.29, 0.717) is 5.02 Å². The molecule has 0 fully saturated rings. The predicted molar refractivity (Wildman–Crippen MR) is 103 cm³/mol. The van der Waals surface area contributed by atoms with Gasteiger partial charge in [0.2, 0.25) is 0 Å². The zero-order valence-corrected chi connectivity index (χ0v) is 15.4. The summed E-state index contributed by atoms with van der Waals surface area (Å²) in [6.45, 7) is 2.04. The summed E-state index contributed by atoms with van der Waals surface area (Å²) in [5, 5.41) is 4.70. The Kier molecular flexibility index (Phi) is 5.36. The molecule has 25 heavy (non-hydrogen) atoms. The fraction of sp³-hybridized carbons (Fsp3) is 0.158. The normalized spacial score (nSPS) is 10.5. The van der Waals surface area contributed by atoms with Crippen molar-refractivity contribution in [3.05, 3.63) is 64.0 Å². The van der Waals surface area contributed by atoms with Crippen molar-refractivity contribution in [2.45, 2.75) is 13.3 Å². The van der Waals surface area contributed by atoms with Gasteiger partial charge in [-0.2, -0.15) is 0 Å². The number of carbonyl (C=O) groups is 1. The van der Waals surface area contributed by atoms with Crippen molar-refractivity contribution in [3.63, 3.8) is 0 Å². The molecule has 3 rings (SSSR count). The number of nitrogens with one attached hydrogen (secondary N) is 1. The van der Waals surface area contributed by atoms with Crippen LogP contribution in [0.15, 0.2) is 48.5 Å². The fourth-order valence-corrected chi connectivity index (χ4v) is 3.52. The van der Waals surface area contributed by atoms with E-state index in [2.05, 4.69) is 10.3 Å². The number of rotatable bonds is 5. The first kappa shape index (κ1) is 17.5. The molecule has 0 amide bonds. The number of hydrogen-bond acceptors (Lipinski definition) is 5. The molecule has 1 heterocycles. The molecule has 0 aliphatic rings. The van der Waals surface area contributed by atoms with Crippen molar-refractivity contribution in [3.8, 4) is 11.3 Å². The van der Waals surface area contributed by atoms with E-state index in [4.69, 9.17) is 16.3 Å². The number of thiazole rings is 1. The van der Waals surface area contributed by atoms with Crippen LogP contribution in [-0.4, -0.2) is 18.1 Å². The summed E-state index contributed by atoms with van der Waals surface area (Å²) in [7, 11) is 1.39. The Bertz CT molecular complexity index is 891. The molecule has 1 aromatic heterocycles. The summed E-state index contributed by atoms with van der Waals surface area (Å²) in [4.78, 5) is 17.3. The number of halogens is 1. The second-order valence-corrected chi connectivity index (χ2v) is 7.07. The van der Waals surface area contributed by atoms with Gasteiger partial charge in [0, 0.05) is 21.2 Å². The molecule has 128 valence electrons. The van der Waals surface area contributed by atoms with Crippen LogP contribution >= 0.6 is 22.9 Å². The van der Waals surface area contributed by atoms with Crippen molar-refractivity contribution in [1.29, 1.82) is 0 Å². The molecule has 0 saturated heterocycles. The summed E-state index contributed by atoms with van der Waals surface area (Å²) < 4.78 is 4.81. The van der Waals surface area contributed by atoms with Crippen molar-refractivity contribution in [2.24, 2.45) is 0 Å². The first-order valence-corrected chi connectivity index (χ1v) is 8.91. The molecule has 4 nitrogen and oxygen atoms in total. The highest BCUT2D eigenvalue weighted by Gasteiger charge is 2.17. The van der Waals surface area contributed by atoms with Gasteiger partial charge in [0.1, 0.15) is 0 Å². The number of aryl methyl sites for hydroxylation is 1. The van der Waals surface area contributed by atoms with Gasteiger partial charge in [0.15, 0.2) is 5.13 Å². The van der Waals surface area contributed by atoms with E-state index in [9.17, 15) is 4.79 Å². The van der Waals surface area contributed by atoms with Crippen LogP contribution in [-0.2, 0) is 16.0 Å². The van der Waals surface area contributed by atoms with Crippen LogP contribution in [0.3, 0.4) is 0 Å². The average molecular weight is 373 g/mol. The summed E-state index contributed by atoms with van der Waals surface area (Å²) in [5.41, 5.74) is 3.80. The zero-order chi connectivity index (χ0) is 17.8. The molecule has 0 unspecified atom stereocenters. The molecule has 0 aliphatic heterocycles. The minimum Gasteiger partial charge on any atom is -0.469 e. The van der Waals surface area contributed by atoms with Gasteiger partial charge in [0.25, 0.3) is 0 Å². The number of aromatic nitrogens is 1. The standard InChI is InChI=1S/C19H17ClN2O2S/c1-12-4-3-5-15(10-12)21-19-22-18(13-6-8-14(20)9-7-13)16(25-19)11-17(23)24-2/h3-10H,11H2,1-2H3,(H,21,22). The molecular weight excluding hydrogens is 356 g/mol. The largest absolute Gasteiger partial charge is 0.469 e. The Morgan fingerprint density at radius 1 is 1.24 bits per heavy atom. The van der Waals surface area contributed by atoms with Crippen molar-refractivity contribution in [1.82, 2.24) is 4.98 Å². The summed E-state index contributed by atoms with van der Waals surface area (Å²) >= 11 is 7.42. The van der Waals surface area contributed by atoms with Crippen molar-refractivity contribution < 1.29 is 9.53 Å². The van der Waals surface area contributed by atoms with Gasteiger partial charge in [-0.15, -0.1) is 11.3 Å². The molecule has 0 aliphatic carbocycles. The lowest BCUT2D eigenvalue weighted by Crippen LogP contribution is -2.03. The molecule has 0 atom stereocenters. The van der Waals surface area contributed by atoms with Crippen molar-refractivity contribution >= 4 is 39.7 Å². The number of anilines is 2. The fourth-order valence-electron chi connectivity index (χ4n) is 2.41. The number of esters is 1. The molecule has 1 N–H and O–H groups in total. The van der Waals surface area contributed by atoms with Gasteiger partial charge < -0.3 is 10.1 Å². The van der Waals surface area contributed by atoms with Gasteiger partial charge >= 0.3 is 5.97 Å². The number of methoxy groups -OCH3 is 1. The third kappa shape index (κ3) is 4.38. The molecule has 3 aromatic rings. The van der Waals surface area contributed by atoms with Crippen LogP contribution in [0.4, 0.5) is 10.8 Å². The second kappa shape index (κ2) is 7.68. The van der Waals surface area contributed by atoms with Gasteiger partial charge in [-0.25, -0.2) is 4.98 Å². The molecule has 0 spiro atoms. The van der Waals surface area contributed by atoms with Crippen LogP contribution in [0.1, 0.15) is 10.4 Å². The topological polar surface area (TPSA) is 51.2 Å². The van der Waals surface area contributed by atoms with Gasteiger partial charge in [0.05, 0.1) is 19.2 Å². The van der Waals surface area contributed by atoms with E-state index in [1.54, 1.807) is 0 Å². The molecule has 0 radical (unpaired) electrons. The maximum atomic E-state index is 11.7. The number of carbonyl (C=O) groups excluding carboxylic acids is 1. The van der Waals surface area contributed by atoms with Crippen LogP contribution < -0.4 is 5.32 Å². The summed E-state index contributed by atoms with van der Waals surface area (Å²) in [6, 6.07) is 15.5. The van der Waals surface area contributed by atoms with Crippen LogP contribution in [0.2, 0.25) is 5.02 Å². The van der Waals surface area contributed by atoms with Crippen LogP contribution in [0, 0.1) is 6.92 Å². The van der Waals surface area contributed by atoms with Crippen LogP contribution in [0.25, 0.3) is 11.3 Å². The van der Waals surface area contributed by atoms with E-state index >= 15 is 0 Å². The van der Waals surface area contributed by atoms with Gasteiger partial charge in [-0.1, -0.05) is 35.9 Å². The Labute approximate surface area is 155 Å². The first-order chi connectivity index (χ1) is 12.0. The van der Waals surface area contributed by atoms with E-state index in [0.717, 1.165) is 32.5 Å². The van der Waals surface area contributed by atoms with E-state index in [1.165, 1.54) is 18.4 Å². The second-order valence-electron chi connectivity index (χ2n) is 5.55. The minimum absolute atomic E-state index is 0.182. The van der Waals surface area contributed by atoms with Gasteiger partial charge in [-0.3, -0.25) is 4.79 Å². The maximum absolute atomic E-state index is 11.7. The predicted octanol–water partition coefficient (Wildman–Crippen LogP) is 5.23. The lowest BCUT2D eigenvalue weighted by molar-refractivity contribution is -0.139. The Balaban J connectivity index is 1.96. The number of benzene rings is 2. The van der Waals surface area contributed by atoms with Crippen molar-refractivity contribution in [2.75, 3.05) is 12.4 Å². The zero-order valence-electron chi connectivity index (χ0n) is 13.9. The third-order valence-corrected chi connectivity index (χ3v) is 4.84. The highest BCUT2D eigenvalue weighted by Crippen LogP contribution is 2.34. The minimum atomic E-state index is -0.291. The summed E-state index contributed by atoms with van der Waals surface area (Å²) in [6.07, 6.45) is 0.182. The SMILES string of the molecule is COC(=O)Cc1sc(Nc2cccc(C)c2)nc1-c1ccc(Cl)cc1. The highest BCUT2D eigenvalue weighted by atomic mass is 35.5. The van der Waals surface area contributed by atoms with E-state index < -0.39 is 0 Å². The third-order valence-electron chi connectivity index (χ3n) is 3.62. The molecule has 0 saturated carbocycles. The lowest BCUT2D eigenvalue weighted by Gasteiger charge is -2.03. The monoisotopic (exact) mass is 372 g/mol. The maximum Gasteiger partial charge on any atom is 0.310 e. The molecule has 2 aromatic carbocycles. The molecular formula is C19H17ClN2O2S. The summed E-state index contributed by atoms with van der Waals surface area (Å²) in [5.74, 6) is -0.291. The first-order valence-electron chi connectivity index (χ1n) is 7.71. The molecule has 6 heteroatoms. The Morgan fingerprint density at radius 2 is 2.00 bits per heavy atom. The van der Waals surface area contributed by atoms with Crippen LogP contribution in [0.5, 0.6) is 0 Å². The number of hydrogen-bond donors (Lipinski definition) is 1. The lowest BCUT2D eigenvalue weighted by atomic mass is 10.1. The highest BCUT2D eigenvalue weighted by molar-refractivity contribution is 7.16. The van der Waals surface area contributed by atoms with E-state index in [-0.39, 0.29) is 12.4 Å². The number of nitrogens with zero attached hydrogens (tertiary/aromatic N) is 1. The quantitative estimate of drug-likeness (QED) is 0.623. The Hall–Kier alpha value is -2.37. The van der Waals surface area contributed by atoms with E-state index in [1.807, 2.05) is 55.5 Å². The smallest absolute Gasteiger partial charge is 0.310 e. The Morgan fingerprint density at radius 3 is 2.68 bits per heavy atom. The van der Waals surface area contributed by atoms with Gasteiger partial charge in [-0.05, 0) is 36.8 Å².